The molecular formula is C18H25N11. The summed E-state index contributed by atoms with van der Waals surface area (Å²) in [6.07, 6.45) is 12.1. The molecule has 0 amide bonds. The number of nitrogens with one attached hydrogen (secondary N) is 3. The Balaban J connectivity index is 1.51. The maximum atomic E-state index is 9.39. The number of fused-ring (bicyclic) bond motifs is 1. The second kappa shape index (κ2) is 7.50. The Morgan fingerprint density at radius 2 is 2.34 bits per heavy atom. The van der Waals surface area contributed by atoms with E-state index in [1.54, 1.807) is 0 Å². The maximum absolute atomic E-state index is 9.39. The molecule has 11 nitrogen and oxygen atoms in total. The monoisotopic (exact) mass is 395 g/mol. The van der Waals surface area contributed by atoms with Crippen molar-refractivity contribution in [3.63, 3.8) is 0 Å². The number of likely N-dealkylation sites (tertiary alicyclic amines) is 1. The van der Waals surface area contributed by atoms with Crippen LogP contribution in [0.5, 0.6) is 0 Å². The molecule has 7 N–H and O–H groups in total. The Bertz CT molecular complexity index is 926. The van der Waals surface area contributed by atoms with E-state index in [4.69, 9.17) is 16.6 Å². The van der Waals surface area contributed by atoms with Gasteiger partial charge in [-0.1, -0.05) is 6.92 Å². The first-order valence-corrected chi connectivity index (χ1v) is 9.45. The highest BCUT2D eigenvalue weighted by molar-refractivity contribution is 6.00. The highest BCUT2D eigenvalue weighted by Crippen LogP contribution is 2.36. The van der Waals surface area contributed by atoms with Gasteiger partial charge in [-0.15, -0.1) is 0 Å². The first-order valence-electron chi connectivity index (χ1n) is 9.45. The number of nitriles is 1. The van der Waals surface area contributed by atoms with E-state index in [-0.39, 0.29) is 5.54 Å². The third kappa shape index (κ3) is 3.28. The zero-order valence-electron chi connectivity index (χ0n) is 16.2. The molecule has 1 saturated heterocycles. The topological polar surface area (TPSA) is 149 Å². The van der Waals surface area contributed by atoms with E-state index in [9.17, 15) is 5.26 Å². The van der Waals surface area contributed by atoms with E-state index in [1.165, 1.54) is 11.8 Å². The lowest BCUT2D eigenvalue weighted by Crippen LogP contribution is -2.63. The molecule has 1 unspecified atom stereocenters. The average Bonchev–Trinajstić information content (AvgIpc) is 3.35. The molecule has 152 valence electrons. The van der Waals surface area contributed by atoms with Crippen LogP contribution < -0.4 is 27.7 Å². The fraction of sp³-hybridized carbons (Fsp3) is 0.389. The Kier molecular flexibility index (Phi) is 4.87. The molecule has 4 rings (SSSR count). The van der Waals surface area contributed by atoms with E-state index >= 15 is 0 Å². The smallest absolute Gasteiger partial charge is 0.194 e. The summed E-state index contributed by atoms with van der Waals surface area (Å²) in [6.45, 7) is 3.48. The highest BCUT2D eigenvalue weighted by atomic mass is 15.6. The Morgan fingerprint density at radius 3 is 3.00 bits per heavy atom. The third-order valence-electron chi connectivity index (χ3n) is 5.32. The van der Waals surface area contributed by atoms with Crippen LogP contribution >= 0.6 is 0 Å². The second-order valence-electron chi connectivity index (χ2n) is 7.18. The van der Waals surface area contributed by atoms with Gasteiger partial charge >= 0.3 is 0 Å². The standard InChI is InChI=1S/C18H25N11/c1-2-13-9-22-29(10-13)18(5-6-19)11-27(12-18)14-4-3-7-28-16(14)24-17(26-28)23-15(8-20)25-21/h3-4,7-10,17,23,25-26H,2,5,11-12,20-21H2,1H3/b15-8-. The summed E-state index contributed by atoms with van der Waals surface area (Å²) >= 11 is 0. The second-order valence-corrected chi connectivity index (χ2v) is 7.18. The van der Waals surface area contributed by atoms with Crippen molar-refractivity contribution >= 4 is 5.84 Å². The molecule has 29 heavy (non-hydrogen) atoms. The number of aromatic nitrogens is 2. The molecule has 0 saturated carbocycles. The summed E-state index contributed by atoms with van der Waals surface area (Å²) in [7, 11) is 0. The number of allylic oxidation sites excluding steroid dienone is 2. The third-order valence-corrected chi connectivity index (χ3v) is 5.32. The summed E-state index contributed by atoms with van der Waals surface area (Å²) in [5, 5.41) is 18.8. The molecular weight excluding hydrogens is 370 g/mol. The number of aryl methyl sites for hydroxylation is 1. The molecule has 0 radical (unpaired) electrons. The van der Waals surface area contributed by atoms with E-state index < -0.39 is 6.29 Å². The fourth-order valence-electron chi connectivity index (χ4n) is 3.72. The Labute approximate surface area is 169 Å². The van der Waals surface area contributed by atoms with Gasteiger partial charge in [0, 0.05) is 31.7 Å². The molecule has 1 fully saturated rings. The van der Waals surface area contributed by atoms with Crippen LogP contribution in [0.3, 0.4) is 0 Å². The number of aliphatic imine (C=N–C) groups is 1. The SMILES string of the molecule is CCc1cnn(C2(CC#N)CN(C3=CC=CN4NC(N/C(=C/N)NN)N=C34)C2)c1. The maximum Gasteiger partial charge on any atom is 0.194 e. The lowest BCUT2D eigenvalue weighted by Gasteiger charge is -2.51. The summed E-state index contributed by atoms with van der Waals surface area (Å²) in [5.41, 5.74) is 13.0. The van der Waals surface area contributed by atoms with Gasteiger partial charge in [0.25, 0.3) is 0 Å². The van der Waals surface area contributed by atoms with E-state index in [1.807, 2.05) is 40.4 Å². The first-order chi connectivity index (χ1) is 14.1. The van der Waals surface area contributed by atoms with Crippen molar-refractivity contribution in [2.45, 2.75) is 31.6 Å². The minimum absolute atomic E-state index is 0.321. The highest BCUT2D eigenvalue weighted by Gasteiger charge is 2.48. The van der Waals surface area contributed by atoms with Crippen molar-refractivity contribution in [2.75, 3.05) is 13.1 Å². The minimum Gasteiger partial charge on any atom is -0.402 e. The summed E-state index contributed by atoms with van der Waals surface area (Å²) in [5.74, 6) is 6.67. The fourth-order valence-corrected chi connectivity index (χ4v) is 3.72. The molecule has 1 atom stereocenters. The van der Waals surface area contributed by atoms with Gasteiger partial charge in [0.2, 0.25) is 0 Å². The predicted molar refractivity (Wildman–Crippen MR) is 108 cm³/mol. The van der Waals surface area contributed by atoms with Gasteiger partial charge in [-0.3, -0.25) is 9.69 Å². The molecule has 1 aromatic rings. The molecule has 0 spiro atoms. The quantitative estimate of drug-likeness (QED) is 0.292. The molecule has 0 aliphatic carbocycles. The summed E-state index contributed by atoms with van der Waals surface area (Å²) < 4.78 is 1.95. The van der Waals surface area contributed by atoms with Crippen LogP contribution in [0.25, 0.3) is 0 Å². The largest absolute Gasteiger partial charge is 0.402 e. The Hall–Kier alpha value is -3.49. The lowest BCUT2D eigenvalue weighted by molar-refractivity contribution is 0.0367. The van der Waals surface area contributed by atoms with Crippen LogP contribution in [0.2, 0.25) is 0 Å². The van der Waals surface area contributed by atoms with Crippen LogP contribution in [-0.4, -0.2) is 44.9 Å². The van der Waals surface area contributed by atoms with Crippen molar-refractivity contribution < 1.29 is 0 Å². The first kappa shape index (κ1) is 18.9. The van der Waals surface area contributed by atoms with Crippen molar-refractivity contribution in [3.8, 4) is 6.07 Å². The van der Waals surface area contributed by atoms with Gasteiger partial charge in [0.15, 0.2) is 12.1 Å². The van der Waals surface area contributed by atoms with E-state index in [0.29, 0.717) is 25.3 Å². The van der Waals surface area contributed by atoms with Crippen molar-refractivity contribution in [2.24, 2.45) is 16.6 Å². The summed E-state index contributed by atoms with van der Waals surface area (Å²) in [4.78, 5) is 6.91. The predicted octanol–water partition coefficient (Wildman–Crippen LogP) is -0.906. The van der Waals surface area contributed by atoms with Gasteiger partial charge in [-0.25, -0.2) is 10.8 Å². The van der Waals surface area contributed by atoms with Gasteiger partial charge in [0.05, 0.1) is 24.4 Å². The number of nitrogens with zero attached hydrogens (tertiary/aromatic N) is 6. The normalized spacial score (nSPS) is 22.4. The number of hydrazine groups is 2. The van der Waals surface area contributed by atoms with E-state index in [2.05, 4.69) is 39.2 Å². The van der Waals surface area contributed by atoms with Crippen LogP contribution in [-0.2, 0) is 12.0 Å². The molecule has 0 bridgehead atoms. The number of rotatable bonds is 7. The molecule has 11 heteroatoms. The molecule has 3 aliphatic rings. The number of hydrogen-bond donors (Lipinski definition) is 5. The summed E-state index contributed by atoms with van der Waals surface area (Å²) in [6, 6.07) is 2.33. The van der Waals surface area contributed by atoms with E-state index in [0.717, 1.165) is 18.0 Å². The number of hydrogen-bond acceptors (Lipinski definition) is 10. The minimum atomic E-state index is -0.412. The van der Waals surface area contributed by atoms with Crippen molar-refractivity contribution in [1.82, 2.24) is 35.9 Å². The van der Waals surface area contributed by atoms with Crippen LogP contribution in [0.15, 0.2) is 53.5 Å². The number of nitrogens with two attached hydrogens (primary N) is 2. The lowest BCUT2D eigenvalue weighted by atomic mass is 9.86. The zero-order chi connectivity index (χ0) is 20.4. The van der Waals surface area contributed by atoms with Crippen molar-refractivity contribution in [1.29, 1.82) is 5.26 Å². The van der Waals surface area contributed by atoms with Crippen LogP contribution in [0, 0.1) is 11.3 Å². The van der Waals surface area contributed by atoms with Gasteiger partial charge in [-0.05, 0) is 24.1 Å². The van der Waals surface area contributed by atoms with Gasteiger partial charge in [0.1, 0.15) is 11.4 Å². The Morgan fingerprint density at radius 1 is 1.52 bits per heavy atom. The van der Waals surface area contributed by atoms with Gasteiger partial charge in [-0.2, -0.15) is 15.8 Å². The molecule has 1 aromatic heterocycles. The van der Waals surface area contributed by atoms with Crippen LogP contribution in [0.4, 0.5) is 0 Å². The van der Waals surface area contributed by atoms with Crippen molar-refractivity contribution in [3.05, 3.63) is 54.0 Å². The van der Waals surface area contributed by atoms with Gasteiger partial charge < -0.3 is 21.4 Å². The molecule has 3 aliphatic heterocycles. The number of amidine groups is 1. The zero-order valence-corrected chi connectivity index (χ0v) is 16.2. The van der Waals surface area contributed by atoms with Crippen LogP contribution in [0.1, 0.15) is 18.9 Å². The molecule has 4 heterocycles. The average molecular weight is 395 g/mol. The molecule has 0 aromatic carbocycles.